The Bertz CT molecular complexity index is 864. The zero-order valence-corrected chi connectivity index (χ0v) is 14.5. The summed E-state index contributed by atoms with van der Waals surface area (Å²) >= 11 is 0. The van der Waals surface area contributed by atoms with E-state index in [2.05, 4.69) is 10.4 Å². The van der Waals surface area contributed by atoms with Gasteiger partial charge in [-0.15, -0.1) is 0 Å². The SMILES string of the molecule is CC(C)C[C@@H](NC(=O)Cn1nc(-c2ccccc2F)ccc1=O)C(=O)O. The van der Waals surface area contributed by atoms with Gasteiger partial charge in [0.2, 0.25) is 5.91 Å². The summed E-state index contributed by atoms with van der Waals surface area (Å²) in [5.74, 6) is -2.23. The second-order valence-corrected chi connectivity index (χ2v) is 6.28. The van der Waals surface area contributed by atoms with Crippen molar-refractivity contribution in [1.82, 2.24) is 15.1 Å². The molecule has 1 amide bonds. The molecular weight excluding hydrogens is 341 g/mol. The fraction of sp³-hybridized carbons (Fsp3) is 0.333. The van der Waals surface area contributed by atoms with Gasteiger partial charge in [-0.2, -0.15) is 5.10 Å². The Morgan fingerprint density at radius 2 is 1.92 bits per heavy atom. The molecule has 0 unspecified atom stereocenters. The largest absolute Gasteiger partial charge is 0.480 e. The van der Waals surface area contributed by atoms with Crippen LogP contribution >= 0.6 is 0 Å². The van der Waals surface area contributed by atoms with Crippen LogP contribution in [0.2, 0.25) is 0 Å². The van der Waals surface area contributed by atoms with Crippen LogP contribution in [0.1, 0.15) is 20.3 Å². The highest BCUT2D eigenvalue weighted by molar-refractivity contribution is 5.83. The summed E-state index contributed by atoms with van der Waals surface area (Å²) in [7, 11) is 0. The second-order valence-electron chi connectivity index (χ2n) is 6.28. The number of carbonyl (C=O) groups excluding carboxylic acids is 1. The molecule has 0 aliphatic heterocycles. The molecule has 2 rings (SSSR count). The van der Waals surface area contributed by atoms with Crippen LogP contribution in [0.4, 0.5) is 4.39 Å². The first-order chi connectivity index (χ1) is 12.3. The number of nitrogens with zero attached hydrogens (tertiary/aromatic N) is 2. The van der Waals surface area contributed by atoms with Crippen molar-refractivity contribution in [2.45, 2.75) is 32.9 Å². The number of benzene rings is 1. The number of carboxylic acid groups (broad SMARTS) is 1. The Morgan fingerprint density at radius 3 is 2.54 bits per heavy atom. The summed E-state index contributed by atoms with van der Waals surface area (Å²) in [6.07, 6.45) is 0.263. The van der Waals surface area contributed by atoms with E-state index in [9.17, 15) is 23.9 Å². The fourth-order valence-electron chi connectivity index (χ4n) is 2.44. The number of carboxylic acids is 1. The van der Waals surface area contributed by atoms with Gasteiger partial charge in [-0.05, 0) is 30.5 Å². The number of halogens is 1. The van der Waals surface area contributed by atoms with Crippen LogP contribution in [0.5, 0.6) is 0 Å². The molecular formula is C18H20FN3O4. The summed E-state index contributed by atoms with van der Waals surface area (Å²) in [5, 5.41) is 15.6. The third kappa shape index (κ3) is 4.98. The minimum absolute atomic E-state index is 0.0710. The number of hydrogen-bond donors (Lipinski definition) is 2. The van der Waals surface area contributed by atoms with E-state index in [4.69, 9.17) is 0 Å². The van der Waals surface area contributed by atoms with Crippen molar-refractivity contribution in [2.75, 3.05) is 0 Å². The summed E-state index contributed by atoms with van der Waals surface area (Å²) in [4.78, 5) is 35.3. The molecule has 26 heavy (non-hydrogen) atoms. The average Bonchev–Trinajstić information content (AvgIpc) is 2.56. The van der Waals surface area contributed by atoms with E-state index in [1.165, 1.54) is 30.3 Å². The van der Waals surface area contributed by atoms with Crippen LogP contribution in [0.15, 0.2) is 41.2 Å². The van der Waals surface area contributed by atoms with Gasteiger partial charge in [0, 0.05) is 11.6 Å². The molecule has 0 bridgehead atoms. The molecule has 7 nitrogen and oxygen atoms in total. The molecule has 1 aromatic carbocycles. The molecule has 8 heteroatoms. The van der Waals surface area contributed by atoms with Gasteiger partial charge in [-0.25, -0.2) is 13.9 Å². The normalized spacial score (nSPS) is 12.0. The molecule has 1 heterocycles. The third-order valence-corrected chi connectivity index (χ3v) is 3.65. The van der Waals surface area contributed by atoms with Crippen LogP contribution in [-0.4, -0.2) is 32.8 Å². The predicted octanol–water partition coefficient (Wildman–Crippen LogP) is 1.66. The van der Waals surface area contributed by atoms with Crippen LogP contribution in [0.3, 0.4) is 0 Å². The number of amides is 1. The molecule has 0 aliphatic carbocycles. The molecule has 138 valence electrons. The molecule has 1 atom stereocenters. The first kappa shape index (κ1) is 19.3. The topological polar surface area (TPSA) is 101 Å². The van der Waals surface area contributed by atoms with Crippen LogP contribution < -0.4 is 10.9 Å². The lowest BCUT2D eigenvalue weighted by atomic mass is 10.0. The number of hydrogen-bond acceptors (Lipinski definition) is 4. The minimum atomic E-state index is -1.15. The van der Waals surface area contributed by atoms with E-state index in [0.717, 1.165) is 4.68 Å². The van der Waals surface area contributed by atoms with Crippen LogP contribution in [0, 0.1) is 11.7 Å². The standard InChI is InChI=1S/C18H20FN3O4/c1-11(2)9-15(18(25)26)20-16(23)10-22-17(24)8-7-14(21-22)12-5-3-4-6-13(12)19/h3-8,11,15H,9-10H2,1-2H3,(H,20,23)(H,25,26)/t15-/m1/s1. The Labute approximate surface area is 149 Å². The number of aliphatic carboxylic acids is 1. The molecule has 2 N–H and O–H groups in total. The molecule has 1 aromatic heterocycles. The number of aromatic nitrogens is 2. The van der Waals surface area contributed by atoms with Gasteiger partial charge in [0.25, 0.3) is 5.56 Å². The first-order valence-electron chi connectivity index (χ1n) is 8.13. The monoisotopic (exact) mass is 361 g/mol. The predicted molar refractivity (Wildman–Crippen MR) is 92.9 cm³/mol. The highest BCUT2D eigenvalue weighted by Crippen LogP contribution is 2.18. The van der Waals surface area contributed by atoms with E-state index in [1.54, 1.807) is 6.07 Å². The number of nitrogens with one attached hydrogen (secondary N) is 1. The van der Waals surface area contributed by atoms with Crippen molar-refractivity contribution >= 4 is 11.9 Å². The maximum Gasteiger partial charge on any atom is 0.326 e. The summed E-state index contributed by atoms with van der Waals surface area (Å²) < 4.78 is 14.8. The second kappa shape index (κ2) is 8.37. The lowest BCUT2D eigenvalue weighted by Gasteiger charge is -2.16. The molecule has 0 saturated heterocycles. The van der Waals surface area contributed by atoms with Crippen molar-refractivity contribution in [3.63, 3.8) is 0 Å². The fourth-order valence-corrected chi connectivity index (χ4v) is 2.44. The van der Waals surface area contributed by atoms with Gasteiger partial charge in [-0.1, -0.05) is 26.0 Å². The molecule has 0 fully saturated rings. The first-order valence-corrected chi connectivity index (χ1v) is 8.13. The molecule has 0 radical (unpaired) electrons. The van der Waals surface area contributed by atoms with Crippen molar-refractivity contribution in [3.05, 3.63) is 52.6 Å². The molecule has 0 saturated carbocycles. The van der Waals surface area contributed by atoms with E-state index >= 15 is 0 Å². The van der Waals surface area contributed by atoms with Gasteiger partial charge in [0.15, 0.2) is 0 Å². The van der Waals surface area contributed by atoms with Crippen molar-refractivity contribution < 1.29 is 19.1 Å². The Kier molecular flexibility index (Phi) is 6.21. The third-order valence-electron chi connectivity index (χ3n) is 3.65. The average molecular weight is 361 g/mol. The quantitative estimate of drug-likeness (QED) is 0.781. The molecule has 0 aliphatic rings. The molecule has 2 aromatic rings. The highest BCUT2D eigenvalue weighted by atomic mass is 19.1. The van der Waals surface area contributed by atoms with Crippen molar-refractivity contribution in [2.24, 2.45) is 5.92 Å². The Balaban J connectivity index is 2.20. The summed E-state index contributed by atoms with van der Waals surface area (Å²) in [6, 6.07) is 7.44. The Hall–Kier alpha value is -3.03. The maximum absolute atomic E-state index is 13.9. The Morgan fingerprint density at radius 1 is 1.23 bits per heavy atom. The lowest BCUT2D eigenvalue weighted by Crippen LogP contribution is -2.44. The lowest BCUT2D eigenvalue weighted by molar-refractivity contribution is -0.142. The van der Waals surface area contributed by atoms with Crippen molar-refractivity contribution in [1.29, 1.82) is 0 Å². The zero-order valence-electron chi connectivity index (χ0n) is 14.5. The van der Waals surface area contributed by atoms with Gasteiger partial charge in [-0.3, -0.25) is 9.59 Å². The smallest absolute Gasteiger partial charge is 0.326 e. The minimum Gasteiger partial charge on any atom is -0.480 e. The zero-order chi connectivity index (χ0) is 19.3. The van der Waals surface area contributed by atoms with E-state index in [-0.39, 0.29) is 23.6 Å². The van der Waals surface area contributed by atoms with E-state index in [1.807, 2.05) is 13.8 Å². The van der Waals surface area contributed by atoms with E-state index < -0.39 is 35.8 Å². The number of rotatable bonds is 7. The van der Waals surface area contributed by atoms with Gasteiger partial charge < -0.3 is 10.4 Å². The summed E-state index contributed by atoms with van der Waals surface area (Å²) in [5.41, 5.74) is -0.145. The molecule has 0 spiro atoms. The van der Waals surface area contributed by atoms with Crippen LogP contribution in [-0.2, 0) is 16.1 Å². The number of carbonyl (C=O) groups is 2. The summed E-state index contributed by atoms with van der Waals surface area (Å²) in [6.45, 7) is 3.22. The van der Waals surface area contributed by atoms with Crippen molar-refractivity contribution in [3.8, 4) is 11.3 Å². The van der Waals surface area contributed by atoms with Gasteiger partial charge >= 0.3 is 5.97 Å². The van der Waals surface area contributed by atoms with E-state index in [0.29, 0.717) is 0 Å². The van der Waals surface area contributed by atoms with Crippen LogP contribution in [0.25, 0.3) is 11.3 Å². The highest BCUT2D eigenvalue weighted by Gasteiger charge is 2.21. The maximum atomic E-state index is 13.9. The van der Waals surface area contributed by atoms with Gasteiger partial charge in [0.05, 0.1) is 5.69 Å². The van der Waals surface area contributed by atoms with Gasteiger partial charge in [0.1, 0.15) is 18.4 Å².